The van der Waals surface area contributed by atoms with Gasteiger partial charge in [-0.1, -0.05) is 120 Å². The maximum absolute atomic E-state index is 8.50. The number of furan rings is 1. The van der Waals surface area contributed by atoms with Crippen LogP contribution in [0.5, 0.6) is 0 Å². The fraction of sp³-hybridized carbons (Fsp3) is 0.0909. The van der Waals surface area contributed by atoms with Gasteiger partial charge in [0, 0.05) is 62.1 Å². The number of hydrogen-bond acceptors (Lipinski definition) is 3. The number of hydrogen-bond donors (Lipinski definition) is 0. The number of benzene rings is 7. The SMILES string of the molecule is Cc1cccc(C)c1-n1ccnc1-c1[c-]cccc1.[2H]C([2H])([2H])c1cc(-c2ccccc2)ccc1-c1ccc(-c2cc(-c3[c-]ccc4c3oc3ccccc34)ncc2C([2H])([2H])[2H])c(C([2H])([2H])[2H])c1.[Ir]. The minimum atomic E-state index is -2.68. The van der Waals surface area contributed by atoms with Gasteiger partial charge in [0.2, 0.25) is 0 Å². The summed E-state index contributed by atoms with van der Waals surface area (Å²) in [5, 5.41) is 1.74. The molecule has 0 saturated heterocycles. The Kier molecular flexibility index (Phi) is 8.76. The fourth-order valence-electron chi connectivity index (χ4n) is 7.65. The Morgan fingerprint density at radius 2 is 1.30 bits per heavy atom. The molecule has 0 aliphatic rings. The van der Waals surface area contributed by atoms with Crippen LogP contribution in [0.4, 0.5) is 0 Å². The van der Waals surface area contributed by atoms with Crippen molar-refractivity contribution in [2.45, 2.75) is 34.4 Å². The Hall–Kier alpha value is -6.65. The van der Waals surface area contributed by atoms with Crippen molar-refractivity contribution >= 4 is 21.9 Å². The molecular formula is C55H43IrN3O-2. The normalized spacial score (nSPS) is 13.8. The minimum absolute atomic E-state index is 0. The van der Waals surface area contributed by atoms with Crippen LogP contribution in [-0.4, -0.2) is 14.5 Å². The number of aromatic nitrogens is 3. The zero-order valence-corrected chi connectivity index (χ0v) is 35.1. The molecule has 0 N–H and O–H groups in total. The van der Waals surface area contributed by atoms with E-state index in [9.17, 15) is 0 Å². The van der Waals surface area contributed by atoms with E-state index in [1.54, 1.807) is 42.5 Å². The number of rotatable bonds is 6. The summed E-state index contributed by atoms with van der Waals surface area (Å²) in [6.45, 7) is -3.55. The van der Waals surface area contributed by atoms with Crippen molar-refractivity contribution in [2.75, 3.05) is 0 Å². The molecule has 10 aromatic rings. The van der Waals surface area contributed by atoms with Gasteiger partial charge in [0.1, 0.15) is 5.58 Å². The van der Waals surface area contributed by atoms with Crippen molar-refractivity contribution in [3.05, 3.63) is 210 Å². The maximum Gasteiger partial charge on any atom is 0.120 e. The number of pyridine rings is 1. The quantitative estimate of drug-likeness (QED) is 0.156. The van der Waals surface area contributed by atoms with Gasteiger partial charge in [-0.25, -0.2) is 0 Å². The summed E-state index contributed by atoms with van der Waals surface area (Å²) in [6, 6.07) is 52.5. The third kappa shape index (κ3) is 7.78. The topological polar surface area (TPSA) is 43.9 Å². The van der Waals surface area contributed by atoms with Gasteiger partial charge in [-0.15, -0.1) is 54.1 Å². The van der Waals surface area contributed by atoms with Crippen molar-refractivity contribution < 1.29 is 36.9 Å². The van der Waals surface area contributed by atoms with Crippen molar-refractivity contribution in [1.82, 2.24) is 14.5 Å². The van der Waals surface area contributed by atoms with Crippen LogP contribution in [0.1, 0.15) is 40.2 Å². The first kappa shape index (κ1) is 30.4. The van der Waals surface area contributed by atoms with Crippen LogP contribution in [0.15, 0.2) is 175 Å². The fourth-order valence-corrected chi connectivity index (χ4v) is 7.65. The van der Waals surface area contributed by atoms with Crippen LogP contribution >= 0.6 is 0 Å². The van der Waals surface area contributed by atoms with E-state index >= 15 is 0 Å². The van der Waals surface area contributed by atoms with Crippen molar-refractivity contribution in [3.8, 4) is 61.7 Å². The average molecular weight is 963 g/mol. The Labute approximate surface area is 378 Å². The van der Waals surface area contributed by atoms with Crippen molar-refractivity contribution in [3.63, 3.8) is 0 Å². The van der Waals surface area contributed by atoms with E-state index < -0.39 is 20.6 Å². The smallest absolute Gasteiger partial charge is 0.120 e. The summed E-state index contributed by atoms with van der Waals surface area (Å²) in [5.74, 6) is 0.929. The molecule has 3 aromatic heterocycles. The molecule has 60 heavy (non-hydrogen) atoms. The van der Waals surface area contributed by atoms with Gasteiger partial charge in [0.25, 0.3) is 0 Å². The predicted octanol–water partition coefficient (Wildman–Crippen LogP) is 14.3. The number of fused-ring (bicyclic) bond motifs is 3. The van der Waals surface area contributed by atoms with Gasteiger partial charge >= 0.3 is 0 Å². The van der Waals surface area contributed by atoms with Crippen LogP contribution in [0.2, 0.25) is 0 Å². The van der Waals surface area contributed by atoms with Crippen LogP contribution in [0, 0.1) is 46.5 Å². The van der Waals surface area contributed by atoms with E-state index in [4.69, 9.17) is 16.8 Å². The molecule has 0 fully saturated rings. The van der Waals surface area contributed by atoms with Crippen molar-refractivity contribution in [1.29, 1.82) is 0 Å². The van der Waals surface area contributed by atoms with Gasteiger partial charge < -0.3 is 14.0 Å². The molecule has 0 aliphatic heterocycles. The number of para-hydroxylation sites is 2. The van der Waals surface area contributed by atoms with Gasteiger partial charge in [-0.2, -0.15) is 0 Å². The third-order valence-electron chi connectivity index (χ3n) is 10.5. The summed E-state index contributed by atoms with van der Waals surface area (Å²) >= 11 is 0. The second kappa shape index (κ2) is 17.3. The van der Waals surface area contributed by atoms with Crippen LogP contribution in [0.3, 0.4) is 0 Å². The number of aryl methyl sites for hydroxylation is 5. The monoisotopic (exact) mass is 963 g/mol. The van der Waals surface area contributed by atoms with Crippen LogP contribution in [0.25, 0.3) is 83.7 Å². The van der Waals surface area contributed by atoms with Gasteiger partial charge in [-0.05, 0) is 107 Å². The van der Waals surface area contributed by atoms with E-state index in [1.165, 1.54) is 29.1 Å². The second-order valence-corrected chi connectivity index (χ2v) is 14.3. The average Bonchev–Trinajstić information content (AvgIpc) is 3.96. The number of nitrogens with zero attached hydrogens (tertiary/aromatic N) is 3. The van der Waals surface area contributed by atoms with Crippen molar-refractivity contribution in [2.24, 2.45) is 0 Å². The zero-order valence-electron chi connectivity index (χ0n) is 41.7. The predicted molar refractivity (Wildman–Crippen MR) is 244 cm³/mol. The van der Waals surface area contributed by atoms with E-state index in [-0.39, 0.29) is 47.9 Å². The van der Waals surface area contributed by atoms with Gasteiger partial charge in [-0.3, -0.25) is 4.98 Å². The minimum Gasteiger partial charge on any atom is -0.501 e. The molecule has 0 unspecified atom stereocenters. The summed E-state index contributed by atoms with van der Waals surface area (Å²) in [6.07, 6.45) is 5.09. The molecule has 4 nitrogen and oxygen atoms in total. The van der Waals surface area contributed by atoms with Gasteiger partial charge in [0.15, 0.2) is 0 Å². The standard InChI is InChI=1S/C38H28NO.C17H15N2.Ir/c1-24-20-28(27-10-5-4-6-11-27)16-18-30(24)29-17-19-31(25(2)21-29)35-22-36(39-23-26(35)3)34-14-9-13-33-32-12-7-8-15-37(32)40-38(33)34;1-13-7-6-8-14(2)16(13)19-12-11-18-17(19)15-9-4-3-5-10-15;/h4-13,15-23H,1-3H3;3-9,11-12H,1-2H3;/q2*-1;/i1D3,2D3,3D3;;. The van der Waals surface area contributed by atoms with Gasteiger partial charge in [0.05, 0.1) is 11.4 Å². The Balaban J connectivity index is 0.000000268. The van der Waals surface area contributed by atoms with E-state index in [1.807, 2.05) is 97.3 Å². The Morgan fingerprint density at radius 1 is 0.567 bits per heavy atom. The first-order valence-electron chi connectivity index (χ1n) is 23.7. The molecule has 0 spiro atoms. The second-order valence-electron chi connectivity index (χ2n) is 14.3. The molecule has 7 aromatic carbocycles. The first-order valence-corrected chi connectivity index (χ1v) is 19.2. The Morgan fingerprint density at radius 3 is 2.10 bits per heavy atom. The summed E-state index contributed by atoms with van der Waals surface area (Å²) in [5.41, 5.74) is 9.21. The first-order chi connectivity index (χ1) is 32.5. The van der Waals surface area contributed by atoms with E-state index in [0.717, 1.165) is 27.7 Å². The molecule has 0 amide bonds. The molecule has 0 saturated carbocycles. The molecule has 5 heteroatoms. The molecule has 295 valence electrons. The summed E-state index contributed by atoms with van der Waals surface area (Å²) in [4.78, 5) is 8.97. The van der Waals surface area contributed by atoms with E-state index in [0.29, 0.717) is 39.1 Å². The zero-order chi connectivity index (χ0) is 48.0. The molecule has 0 aliphatic carbocycles. The molecule has 3 heterocycles. The molecular weight excluding hydrogens is 911 g/mol. The molecule has 0 atom stereocenters. The summed E-state index contributed by atoms with van der Waals surface area (Å²) in [7, 11) is 0. The van der Waals surface area contributed by atoms with E-state index in [2.05, 4.69) is 58.7 Å². The molecule has 0 bridgehead atoms. The van der Waals surface area contributed by atoms with Crippen LogP contribution in [-0.2, 0) is 20.1 Å². The largest absolute Gasteiger partial charge is 0.501 e. The number of imidazole rings is 1. The van der Waals surface area contributed by atoms with Crippen LogP contribution < -0.4 is 0 Å². The molecule has 1 radical (unpaired) electrons. The Bertz CT molecular complexity index is 3430. The summed E-state index contributed by atoms with van der Waals surface area (Å²) < 4.78 is 83.7. The third-order valence-corrected chi connectivity index (χ3v) is 10.5. The molecule has 10 rings (SSSR count). The maximum atomic E-state index is 8.50.